The Kier molecular flexibility index (Phi) is 6.14. The number of hydrogen-bond acceptors (Lipinski definition) is 5. The maximum atomic E-state index is 13.1. The summed E-state index contributed by atoms with van der Waals surface area (Å²) in [5.74, 6) is -2.26. The molecule has 12 heteroatoms. The van der Waals surface area contributed by atoms with Crippen LogP contribution in [0.25, 0.3) is 11.0 Å². The number of carboxylic acids is 1. The summed E-state index contributed by atoms with van der Waals surface area (Å²) in [5.41, 5.74) is 2.29. The van der Waals surface area contributed by atoms with Gasteiger partial charge >= 0.3 is 12.1 Å². The van der Waals surface area contributed by atoms with E-state index in [1.165, 1.54) is 18.2 Å². The second-order valence-corrected chi connectivity index (χ2v) is 7.86. The molecule has 9 nitrogen and oxygen atoms in total. The molecule has 0 saturated carbocycles. The highest BCUT2D eigenvalue weighted by atomic mass is 19.4. The average Bonchev–Trinajstić information content (AvgIpc) is 3.14. The summed E-state index contributed by atoms with van der Waals surface area (Å²) in [6, 6.07) is 10.3. The summed E-state index contributed by atoms with van der Waals surface area (Å²) in [6.45, 7) is -1.87. The standard InChI is InChI=1S/C22H20F3N5O4/c23-22(24,25)11-30-10-13-7-12(5-6-14(13)27-17(21(30)34)8-19(31)32)20(33)26-9-18-28-15-3-1-2-4-16(15)29-18/h1-7,17,27H,8-11H2,(H,26,33)(H,28,29)(H,31,32). The predicted octanol–water partition coefficient (Wildman–Crippen LogP) is 2.65. The van der Waals surface area contributed by atoms with Crippen LogP contribution in [-0.2, 0) is 22.7 Å². The molecule has 0 fully saturated rings. The van der Waals surface area contributed by atoms with E-state index in [1.807, 2.05) is 24.3 Å². The molecule has 1 atom stereocenters. The highest BCUT2D eigenvalue weighted by Crippen LogP contribution is 2.28. The fourth-order valence-electron chi connectivity index (χ4n) is 3.78. The van der Waals surface area contributed by atoms with Crippen molar-refractivity contribution in [2.24, 2.45) is 0 Å². The van der Waals surface area contributed by atoms with Gasteiger partial charge in [0.05, 0.1) is 24.0 Å². The number of hydrogen-bond donors (Lipinski definition) is 4. The molecule has 0 aliphatic carbocycles. The smallest absolute Gasteiger partial charge is 0.406 e. The van der Waals surface area contributed by atoms with E-state index in [0.717, 1.165) is 11.0 Å². The van der Waals surface area contributed by atoms with E-state index < -0.39 is 49.5 Å². The second-order valence-electron chi connectivity index (χ2n) is 7.86. The molecule has 1 aliphatic rings. The number of carbonyl (C=O) groups is 3. The topological polar surface area (TPSA) is 127 Å². The van der Waals surface area contributed by atoms with E-state index in [9.17, 15) is 27.6 Å². The van der Waals surface area contributed by atoms with Crippen LogP contribution in [0, 0.1) is 0 Å². The van der Waals surface area contributed by atoms with E-state index in [-0.39, 0.29) is 23.4 Å². The number of anilines is 1. The van der Waals surface area contributed by atoms with Crippen LogP contribution in [0.3, 0.4) is 0 Å². The predicted molar refractivity (Wildman–Crippen MR) is 115 cm³/mol. The van der Waals surface area contributed by atoms with Crippen molar-refractivity contribution >= 4 is 34.5 Å². The molecule has 2 heterocycles. The molecule has 0 bridgehead atoms. The van der Waals surface area contributed by atoms with Crippen LogP contribution in [0.15, 0.2) is 42.5 Å². The number of H-pyrrole nitrogens is 1. The Bertz CT molecular complexity index is 1220. The molecule has 4 rings (SSSR count). The number of amides is 2. The fraction of sp³-hybridized carbons (Fsp3) is 0.273. The molecule has 2 aromatic carbocycles. The molecule has 4 N–H and O–H groups in total. The Labute approximate surface area is 191 Å². The summed E-state index contributed by atoms with van der Waals surface area (Å²) in [7, 11) is 0. The lowest BCUT2D eigenvalue weighted by Crippen LogP contribution is -2.45. The molecule has 1 aliphatic heterocycles. The molecule has 0 radical (unpaired) electrons. The van der Waals surface area contributed by atoms with Crippen molar-refractivity contribution in [3.05, 3.63) is 59.4 Å². The molecule has 34 heavy (non-hydrogen) atoms. The minimum Gasteiger partial charge on any atom is -0.481 e. The Morgan fingerprint density at radius 1 is 1.21 bits per heavy atom. The minimum absolute atomic E-state index is 0.0994. The maximum Gasteiger partial charge on any atom is 0.406 e. The van der Waals surface area contributed by atoms with Gasteiger partial charge in [0.25, 0.3) is 5.91 Å². The van der Waals surface area contributed by atoms with Gasteiger partial charge in [-0.25, -0.2) is 4.98 Å². The van der Waals surface area contributed by atoms with Gasteiger partial charge in [-0.2, -0.15) is 13.2 Å². The Morgan fingerprint density at radius 2 is 1.97 bits per heavy atom. The molecule has 0 saturated heterocycles. The van der Waals surface area contributed by atoms with Crippen molar-refractivity contribution in [3.8, 4) is 0 Å². The van der Waals surface area contributed by atoms with Gasteiger partial charge in [0.1, 0.15) is 18.4 Å². The van der Waals surface area contributed by atoms with Crippen LogP contribution in [0.2, 0.25) is 0 Å². The summed E-state index contributed by atoms with van der Waals surface area (Å²) in [5, 5.41) is 14.5. The van der Waals surface area contributed by atoms with Gasteiger partial charge in [-0.1, -0.05) is 12.1 Å². The molecular formula is C22H20F3N5O4. The van der Waals surface area contributed by atoms with Crippen molar-refractivity contribution < 1.29 is 32.7 Å². The summed E-state index contributed by atoms with van der Waals surface area (Å²) in [6.07, 6.45) is -5.36. The highest BCUT2D eigenvalue weighted by Gasteiger charge is 2.38. The summed E-state index contributed by atoms with van der Waals surface area (Å²) in [4.78, 5) is 44.4. The van der Waals surface area contributed by atoms with Gasteiger partial charge in [0.15, 0.2) is 0 Å². The Morgan fingerprint density at radius 3 is 2.68 bits per heavy atom. The number of aromatic nitrogens is 2. The third-order valence-corrected chi connectivity index (χ3v) is 5.27. The first-order chi connectivity index (χ1) is 16.1. The first kappa shape index (κ1) is 23.1. The van der Waals surface area contributed by atoms with Crippen LogP contribution in [0.1, 0.15) is 28.2 Å². The van der Waals surface area contributed by atoms with Crippen LogP contribution in [0.4, 0.5) is 18.9 Å². The lowest BCUT2D eigenvalue weighted by Gasteiger charge is -2.24. The van der Waals surface area contributed by atoms with E-state index in [1.54, 1.807) is 0 Å². The number of rotatable bonds is 6. The molecule has 1 aromatic heterocycles. The maximum absolute atomic E-state index is 13.1. The lowest BCUT2D eigenvalue weighted by atomic mass is 10.1. The third kappa shape index (κ3) is 5.27. The molecule has 178 valence electrons. The van der Waals surface area contributed by atoms with Gasteiger partial charge in [-0.05, 0) is 35.9 Å². The monoisotopic (exact) mass is 475 g/mol. The van der Waals surface area contributed by atoms with Crippen LogP contribution < -0.4 is 10.6 Å². The number of benzene rings is 2. The van der Waals surface area contributed by atoms with Crippen molar-refractivity contribution in [3.63, 3.8) is 0 Å². The molecular weight excluding hydrogens is 455 g/mol. The van der Waals surface area contributed by atoms with Gasteiger partial charge in [-0.15, -0.1) is 0 Å². The Hall–Kier alpha value is -4.09. The molecule has 2 amide bonds. The number of fused-ring (bicyclic) bond motifs is 2. The second kappa shape index (κ2) is 9.04. The van der Waals surface area contributed by atoms with Crippen molar-refractivity contribution in [2.45, 2.75) is 31.7 Å². The van der Waals surface area contributed by atoms with Gasteiger partial charge in [0.2, 0.25) is 5.91 Å². The average molecular weight is 475 g/mol. The van der Waals surface area contributed by atoms with Crippen molar-refractivity contribution in [2.75, 3.05) is 11.9 Å². The number of carboxylic acid groups (broad SMARTS) is 1. The first-order valence-electron chi connectivity index (χ1n) is 10.3. The molecule has 0 spiro atoms. The number of aliphatic carboxylic acids is 1. The summed E-state index contributed by atoms with van der Waals surface area (Å²) >= 11 is 0. The van der Waals surface area contributed by atoms with Crippen LogP contribution in [0.5, 0.6) is 0 Å². The number of halogens is 3. The SMILES string of the molecule is O=C(O)CC1Nc2ccc(C(=O)NCc3nc4ccccc4[nH]3)cc2CN(CC(F)(F)F)C1=O. The van der Waals surface area contributed by atoms with Crippen molar-refractivity contribution in [1.82, 2.24) is 20.2 Å². The largest absolute Gasteiger partial charge is 0.481 e. The summed E-state index contributed by atoms with van der Waals surface area (Å²) < 4.78 is 39.2. The Balaban J connectivity index is 1.54. The number of carbonyl (C=O) groups excluding carboxylic acids is 2. The van der Waals surface area contributed by atoms with E-state index in [2.05, 4.69) is 20.6 Å². The molecule has 1 unspecified atom stereocenters. The zero-order valence-electron chi connectivity index (χ0n) is 17.6. The number of aromatic amines is 1. The number of nitrogens with one attached hydrogen (secondary N) is 3. The normalized spacial score (nSPS) is 16.0. The zero-order chi connectivity index (χ0) is 24.5. The van der Waals surface area contributed by atoms with E-state index in [4.69, 9.17) is 5.11 Å². The number of nitrogens with zero attached hydrogens (tertiary/aromatic N) is 2. The highest BCUT2D eigenvalue weighted by molar-refractivity contribution is 5.96. The van der Waals surface area contributed by atoms with Gasteiger partial charge in [-0.3, -0.25) is 14.4 Å². The van der Waals surface area contributed by atoms with Crippen LogP contribution >= 0.6 is 0 Å². The quantitative estimate of drug-likeness (QED) is 0.434. The number of para-hydroxylation sites is 2. The number of imidazole rings is 1. The third-order valence-electron chi connectivity index (χ3n) is 5.27. The van der Waals surface area contributed by atoms with Gasteiger partial charge in [0, 0.05) is 17.8 Å². The van der Waals surface area contributed by atoms with E-state index >= 15 is 0 Å². The minimum atomic E-state index is -4.67. The van der Waals surface area contributed by atoms with Crippen LogP contribution in [-0.4, -0.2) is 56.5 Å². The van der Waals surface area contributed by atoms with E-state index in [0.29, 0.717) is 10.7 Å². The van der Waals surface area contributed by atoms with Gasteiger partial charge < -0.3 is 25.6 Å². The number of alkyl halides is 3. The lowest BCUT2D eigenvalue weighted by molar-refractivity contribution is -0.163. The first-order valence-corrected chi connectivity index (χ1v) is 10.3. The van der Waals surface area contributed by atoms with Crippen molar-refractivity contribution in [1.29, 1.82) is 0 Å². The fourth-order valence-corrected chi connectivity index (χ4v) is 3.78. The molecule has 3 aromatic rings. The zero-order valence-corrected chi connectivity index (χ0v) is 17.6.